The van der Waals surface area contributed by atoms with Crippen LogP contribution in [-0.2, 0) is 0 Å². The summed E-state index contributed by atoms with van der Waals surface area (Å²) in [4.78, 5) is 4.67. The Labute approximate surface area is 146 Å². The van der Waals surface area contributed by atoms with Gasteiger partial charge in [-0.3, -0.25) is 4.99 Å². The Morgan fingerprint density at radius 1 is 1.25 bits per heavy atom. The fourth-order valence-corrected chi connectivity index (χ4v) is 6.70. The summed E-state index contributed by atoms with van der Waals surface area (Å²) in [6, 6.07) is 0.428. The van der Waals surface area contributed by atoms with E-state index in [0.29, 0.717) is 23.3 Å². The van der Waals surface area contributed by atoms with Gasteiger partial charge in [-0.15, -0.1) is 0 Å². The molecule has 0 saturated heterocycles. The molecule has 0 spiro atoms. The highest BCUT2D eigenvalue weighted by atomic mass is 16.3. The lowest BCUT2D eigenvalue weighted by Crippen LogP contribution is -2.56. The second kappa shape index (κ2) is 5.54. The predicted molar refractivity (Wildman–Crippen MR) is 99.2 cm³/mol. The second-order valence-corrected chi connectivity index (χ2v) is 8.88. The zero-order valence-corrected chi connectivity index (χ0v) is 15.5. The van der Waals surface area contributed by atoms with Crippen LogP contribution in [0.2, 0.25) is 0 Å². The number of nitrogens with one attached hydrogen (secondary N) is 1. The fraction of sp³-hybridized carbons (Fsp3) is 0.762. The maximum atomic E-state index is 10.1. The number of hydrogen-bond acceptors (Lipinski definition) is 3. The highest BCUT2D eigenvalue weighted by Crippen LogP contribution is 2.63. The zero-order valence-electron chi connectivity index (χ0n) is 15.5. The summed E-state index contributed by atoms with van der Waals surface area (Å²) < 4.78 is 0. The molecule has 0 aliphatic heterocycles. The third-order valence-electron chi connectivity index (χ3n) is 8.03. The Morgan fingerprint density at radius 3 is 2.75 bits per heavy atom. The van der Waals surface area contributed by atoms with Gasteiger partial charge in [0, 0.05) is 29.6 Å². The van der Waals surface area contributed by atoms with Gasteiger partial charge in [0.05, 0.1) is 6.10 Å². The van der Waals surface area contributed by atoms with E-state index < -0.39 is 0 Å². The molecule has 4 aliphatic rings. The third kappa shape index (κ3) is 2.07. The first kappa shape index (κ1) is 16.5. The molecule has 7 atom stereocenters. The summed E-state index contributed by atoms with van der Waals surface area (Å²) in [5, 5.41) is 13.7. The van der Waals surface area contributed by atoms with Crippen molar-refractivity contribution in [1.29, 1.82) is 0 Å². The van der Waals surface area contributed by atoms with E-state index in [1.807, 2.05) is 13.1 Å². The van der Waals surface area contributed by atoms with Gasteiger partial charge in [0.2, 0.25) is 0 Å². The van der Waals surface area contributed by atoms with Crippen LogP contribution in [0.25, 0.3) is 0 Å². The molecule has 0 heterocycles. The monoisotopic (exact) mass is 328 g/mol. The molecule has 4 aliphatic carbocycles. The van der Waals surface area contributed by atoms with Crippen molar-refractivity contribution >= 4 is 5.71 Å². The number of aliphatic hydroxyl groups is 1. The first-order chi connectivity index (χ1) is 11.4. The van der Waals surface area contributed by atoms with E-state index in [-0.39, 0.29) is 11.5 Å². The van der Waals surface area contributed by atoms with Crippen molar-refractivity contribution in [2.45, 2.75) is 58.1 Å². The lowest BCUT2D eigenvalue weighted by Gasteiger charge is -2.57. The van der Waals surface area contributed by atoms with Crippen LogP contribution < -0.4 is 5.32 Å². The molecular weight excluding hydrogens is 296 g/mol. The highest BCUT2D eigenvalue weighted by Gasteiger charge is 2.59. The number of likely N-dealkylation sites (N-methyl/N-ethyl adjacent to an activating group) is 1. The smallest absolute Gasteiger partial charge is 0.0758 e. The van der Waals surface area contributed by atoms with Gasteiger partial charge in [0.25, 0.3) is 0 Å². The normalized spacial score (nSPS) is 51.8. The summed E-state index contributed by atoms with van der Waals surface area (Å²) in [5.41, 5.74) is 3.33. The summed E-state index contributed by atoms with van der Waals surface area (Å²) in [7, 11) is 4.09. The van der Waals surface area contributed by atoms with Crippen LogP contribution in [0.5, 0.6) is 0 Å². The van der Waals surface area contributed by atoms with Crippen LogP contribution in [0.1, 0.15) is 46.0 Å². The number of hydrogen-bond donors (Lipinski definition) is 2. The van der Waals surface area contributed by atoms with Crippen molar-refractivity contribution in [3.8, 4) is 0 Å². The minimum atomic E-state index is -0.308. The SMILES string of the molecule is CN=C1CC[C@H]2[C@@H]3C(NC)C=C4CC(O)C=C[C@]4(C)[C@@H]3CC[C@]12C. The topological polar surface area (TPSA) is 44.6 Å². The van der Waals surface area contributed by atoms with Gasteiger partial charge < -0.3 is 10.4 Å². The van der Waals surface area contributed by atoms with Crippen LogP contribution in [0.15, 0.2) is 28.8 Å². The lowest BCUT2D eigenvalue weighted by atomic mass is 9.48. The van der Waals surface area contributed by atoms with Crippen molar-refractivity contribution in [2.24, 2.45) is 33.6 Å². The van der Waals surface area contributed by atoms with Gasteiger partial charge in [-0.1, -0.05) is 37.6 Å². The van der Waals surface area contributed by atoms with Crippen LogP contribution in [-0.4, -0.2) is 37.1 Å². The first-order valence-corrected chi connectivity index (χ1v) is 9.66. The van der Waals surface area contributed by atoms with Gasteiger partial charge in [-0.05, 0) is 56.9 Å². The third-order valence-corrected chi connectivity index (χ3v) is 8.03. The van der Waals surface area contributed by atoms with E-state index in [0.717, 1.165) is 12.3 Å². The Balaban J connectivity index is 1.79. The van der Waals surface area contributed by atoms with Crippen molar-refractivity contribution in [2.75, 3.05) is 14.1 Å². The molecule has 0 aromatic heterocycles. The Bertz CT molecular complexity index is 621. The number of allylic oxidation sites excluding steroid dienone is 1. The van der Waals surface area contributed by atoms with Gasteiger partial charge in [0.15, 0.2) is 0 Å². The summed E-state index contributed by atoms with van der Waals surface area (Å²) in [6.07, 6.45) is 12.3. The Hall–Kier alpha value is -0.930. The van der Waals surface area contributed by atoms with Gasteiger partial charge in [-0.2, -0.15) is 0 Å². The van der Waals surface area contributed by atoms with E-state index in [4.69, 9.17) is 0 Å². The molecule has 2 fully saturated rings. The zero-order chi connectivity index (χ0) is 17.1. The van der Waals surface area contributed by atoms with E-state index >= 15 is 0 Å². The minimum absolute atomic E-state index is 0.130. The fourth-order valence-electron chi connectivity index (χ4n) is 6.70. The first-order valence-electron chi connectivity index (χ1n) is 9.66. The average molecular weight is 329 g/mol. The molecule has 2 N–H and O–H groups in total. The van der Waals surface area contributed by atoms with Crippen LogP contribution in [0.3, 0.4) is 0 Å². The summed E-state index contributed by atoms with van der Waals surface area (Å²) >= 11 is 0. The number of nitrogens with zero attached hydrogens (tertiary/aromatic N) is 1. The Morgan fingerprint density at radius 2 is 2.04 bits per heavy atom. The molecule has 4 rings (SSSR count). The molecule has 2 saturated carbocycles. The number of rotatable bonds is 1. The van der Waals surface area contributed by atoms with E-state index in [9.17, 15) is 5.11 Å². The lowest BCUT2D eigenvalue weighted by molar-refractivity contribution is 0.00187. The largest absolute Gasteiger partial charge is 0.389 e. The average Bonchev–Trinajstić information content (AvgIpc) is 2.91. The maximum absolute atomic E-state index is 10.1. The van der Waals surface area contributed by atoms with E-state index in [2.05, 4.69) is 43.4 Å². The number of fused-ring (bicyclic) bond motifs is 5. The number of aliphatic hydroxyl groups excluding tert-OH is 1. The molecular formula is C21H32N2O. The quantitative estimate of drug-likeness (QED) is 0.725. The molecule has 132 valence electrons. The van der Waals surface area contributed by atoms with Crippen molar-refractivity contribution < 1.29 is 5.11 Å². The Kier molecular flexibility index (Phi) is 3.81. The number of aliphatic imine (C=N–C) groups is 1. The molecule has 2 unspecified atom stereocenters. The maximum Gasteiger partial charge on any atom is 0.0758 e. The molecule has 0 aromatic rings. The van der Waals surface area contributed by atoms with Crippen LogP contribution >= 0.6 is 0 Å². The van der Waals surface area contributed by atoms with Gasteiger partial charge in [-0.25, -0.2) is 0 Å². The minimum Gasteiger partial charge on any atom is -0.389 e. The summed E-state index contributed by atoms with van der Waals surface area (Å²) in [5.74, 6) is 2.07. The molecule has 0 aromatic carbocycles. The van der Waals surface area contributed by atoms with Crippen molar-refractivity contribution in [3.05, 3.63) is 23.8 Å². The molecule has 0 radical (unpaired) electrons. The molecule has 3 heteroatoms. The second-order valence-electron chi connectivity index (χ2n) is 8.88. The van der Waals surface area contributed by atoms with Crippen LogP contribution in [0.4, 0.5) is 0 Å². The van der Waals surface area contributed by atoms with Gasteiger partial charge >= 0.3 is 0 Å². The highest BCUT2D eigenvalue weighted by molar-refractivity contribution is 5.92. The van der Waals surface area contributed by atoms with E-state index in [1.165, 1.54) is 37.0 Å². The van der Waals surface area contributed by atoms with Crippen LogP contribution in [0, 0.1) is 28.6 Å². The molecule has 24 heavy (non-hydrogen) atoms. The van der Waals surface area contributed by atoms with Gasteiger partial charge in [0.1, 0.15) is 0 Å². The standard InChI is InChI=1S/C21H32N2O/c1-20-9-7-14(24)11-13(20)12-17(22-3)19-15-5-6-18(23-4)21(15,2)10-8-16(19)20/h7,9,12,14-17,19,22,24H,5-6,8,10-11H2,1-4H3/t14?,15-,16+,17?,19-,20-,21-/m0/s1. The molecule has 0 amide bonds. The molecule has 3 nitrogen and oxygen atoms in total. The van der Waals surface area contributed by atoms with Crippen molar-refractivity contribution in [3.63, 3.8) is 0 Å². The molecule has 0 bridgehead atoms. The van der Waals surface area contributed by atoms with E-state index in [1.54, 1.807) is 0 Å². The summed E-state index contributed by atoms with van der Waals surface area (Å²) in [6.45, 7) is 4.88. The predicted octanol–water partition coefficient (Wildman–Crippen LogP) is 3.35. The van der Waals surface area contributed by atoms with Crippen molar-refractivity contribution in [1.82, 2.24) is 5.32 Å².